The maximum atomic E-state index is 5.13. The molecule has 0 saturated heterocycles. The van der Waals surface area contributed by atoms with Gasteiger partial charge in [-0.15, -0.1) is 0 Å². The summed E-state index contributed by atoms with van der Waals surface area (Å²) in [6.45, 7) is 2.93. The first kappa shape index (κ1) is 8.53. The van der Waals surface area contributed by atoms with Crippen molar-refractivity contribution in [3.63, 3.8) is 0 Å². The average Bonchev–Trinajstić information content (AvgIpc) is 2.18. The number of likely N-dealkylation sites (N-methyl/N-ethyl adjacent to an activating group) is 1. The van der Waals surface area contributed by atoms with E-state index in [1.807, 2.05) is 25.1 Å². The molecule has 0 saturated carbocycles. The summed E-state index contributed by atoms with van der Waals surface area (Å²) in [4.78, 5) is 10.3. The molecule has 1 heterocycles. The Morgan fingerprint density at radius 3 is 3.15 bits per heavy atom. The highest BCUT2D eigenvalue weighted by Crippen LogP contribution is 2.24. The quantitative estimate of drug-likeness (QED) is 0.698. The number of rotatable bonds is 2. The van der Waals surface area contributed by atoms with E-state index in [0.717, 1.165) is 18.7 Å². The van der Waals surface area contributed by atoms with Crippen LogP contribution < -0.4 is 10.2 Å². The van der Waals surface area contributed by atoms with Gasteiger partial charge in [0, 0.05) is 12.0 Å². The zero-order chi connectivity index (χ0) is 9.10. The third kappa shape index (κ3) is 1.82. The zero-order valence-corrected chi connectivity index (χ0v) is 7.62. The van der Waals surface area contributed by atoms with Crippen molar-refractivity contribution in [2.75, 3.05) is 6.54 Å². The van der Waals surface area contributed by atoms with Crippen molar-refractivity contribution in [2.45, 2.75) is 19.6 Å². The van der Waals surface area contributed by atoms with Gasteiger partial charge in [0.2, 0.25) is 0 Å². The lowest BCUT2D eigenvalue weighted by molar-refractivity contribution is -0.262. The molecule has 0 aromatic heterocycles. The van der Waals surface area contributed by atoms with Gasteiger partial charge in [0.15, 0.2) is 12.0 Å². The van der Waals surface area contributed by atoms with Crippen molar-refractivity contribution < 1.29 is 9.78 Å². The van der Waals surface area contributed by atoms with Crippen LogP contribution >= 0.6 is 0 Å². The molecule has 0 spiro atoms. The van der Waals surface area contributed by atoms with Gasteiger partial charge in [-0.1, -0.05) is 25.1 Å². The summed E-state index contributed by atoms with van der Waals surface area (Å²) in [5.74, 6) is 0.830. The van der Waals surface area contributed by atoms with Gasteiger partial charge in [-0.2, -0.15) is 4.89 Å². The zero-order valence-electron chi connectivity index (χ0n) is 7.62. The predicted octanol–water partition coefficient (Wildman–Crippen LogP) is 1.49. The Kier molecular flexibility index (Phi) is 2.47. The minimum Gasteiger partial charge on any atom is -0.336 e. The predicted molar refractivity (Wildman–Crippen MR) is 49.3 cm³/mol. The Hall–Kier alpha value is -1.06. The van der Waals surface area contributed by atoms with Gasteiger partial charge in [0.05, 0.1) is 0 Å². The van der Waals surface area contributed by atoms with Crippen LogP contribution in [0.4, 0.5) is 0 Å². The molecule has 1 aliphatic heterocycles. The molecule has 0 amide bonds. The van der Waals surface area contributed by atoms with E-state index in [1.165, 1.54) is 5.56 Å². The first-order valence-electron chi connectivity index (χ1n) is 4.54. The molecule has 13 heavy (non-hydrogen) atoms. The van der Waals surface area contributed by atoms with Gasteiger partial charge in [-0.05, 0) is 12.6 Å². The van der Waals surface area contributed by atoms with Gasteiger partial charge in [-0.3, -0.25) is 5.32 Å². The van der Waals surface area contributed by atoms with Crippen LogP contribution in [-0.2, 0) is 11.3 Å². The third-order valence-electron chi connectivity index (χ3n) is 2.06. The summed E-state index contributed by atoms with van der Waals surface area (Å²) < 4.78 is 0. The smallest absolute Gasteiger partial charge is 0.168 e. The largest absolute Gasteiger partial charge is 0.336 e. The van der Waals surface area contributed by atoms with Gasteiger partial charge in [-0.25, -0.2) is 0 Å². The minimum absolute atomic E-state index is 0.0140. The van der Waals surface area contributed by atoms with Crippen molar-refractivity contribution in [2.24, 2.45) is 0 Å². The SMILES string of the molecule is CCNC1Cc2ccccc2OO1. The molecule has 3 heteroatoms. The van der Waals surface area contributed by atoms with Crippen LogP contribution in [0, 0.1) is 0 Å². The van der Waals surface area contributed by atoms with Gasteiger partial charge >= 0.3 is 0 Å². The van der Waals surface area contributed by atoms with E-state index < -0.39 is 0 Å². The molecule has 1 atom stereocenters. The number of para-hydroxylation sites is 1. The van der Waals surface area contributed by atoms with Crippen molar-refractivity contribution >= 4 is 0 Å². The molecule has 1 aromatic carbocycles. The van der Waals surface area contributed by atoms with Crippen LogP contribution in [0.2, 0.25) is 0 Å². The van der Waals surface area contributed by atoms with Crippen LogP contribution in [0.3, 0.4) is 0 Å². The highest BCUT2D eigenvalue weighted by atomic mass is 17.2. The van der Waals surface area contributed by atoms with Crippen LogP contribution in [0.5, 0.6) is 5.75 Å². The molecule has 2 rings (SSSR count). The topological polar surface area (TPSA) is 30.5 Å². The maximum absolute atomic E-state index is 5.13. The van der Waals surface area contributed by atoms with E-state index in [-0.39, 0.29) is 6.23 Å². The summed E-state index contributed by atoms with van der Waals surface area (Å²) in [6.07, 6.45) is 0.851. The molecular weight excluding hydrogens is 166 g/mol. The number of nitrogens with one attached hydrogen (secondary N) is 1. The van der Waals surface area contributed by atoms with Gasteiger partial charge < -0.3 is 4.89 Å². The van der Waals surface area contributed by atoms with E-state index >= 15 is 0 Å². The lowest BCUT2D eigenvalue weighted by Crippen LogP contribution is -2.37. The molecule has 70 valence electrons. The molecule has 0 aliphatic carbocycles. The highest BCUT2D eigenvalue weighted by Gasteiger charge is 2.19. The monoisotopic (exact) mass is 179 g/mol. The minimum atomic E-state index is -0.0140. The highest BCUT2D eigenvalue weighted by molar-refractivity contribution is 5.34. The van der Waals surface area contributed by atoms with E-state index in [0.29, 0.717) is 0 Å². The fourth-order valence-corrected chi connectivity index (χ4v) is 1.43. The number of hydrogen-bond donors (Lipinski definition) is 1. The summed E-state index contributed by atoms with van der Waals surface area (Å²) in [6, 6.07) is 7.92. The van der Waals surface area contributed by atoms with Crippen molar-refractivity contribution in [1.82, 2.24) is 5.32 Å². The Bertz CT molecular complexity index is 288. The van der Waals surface area contributed by atoms with Crippen molar-refractivity contribution in [3.05, 3.63) is 29.8 Å². The average molecular weight is 179 g/mol. The molecule has 0 bridgehead atoms. The third-order valence-corrected chi connectivity index (χ3v) is 2.06. The first-order valence-corrected chi connectivity index (χ1v) is 4.54. The second-order valence-corrected chi connectivity index (χ2v) is 3.04. The van der Waals surface area contributed by atoms with Gasteiger partial charge in [0.25, 0.3) is 0 Å². The summed E-state index contributed by atoms with van der Waals surface area (Å²) >= 11 is 0. The number of benzene rings is 1. The Morgan fingerprint density at radius 1 is 1.46 bits per heavy atom. The Balaban J connectivity index is 2.11. The second-order valence-electron chi connectivity index (χ2n) is 3.04. The molecule has 1 unspecified atom stereocenters. The number of fused-ring (bicyclic) bond motifs is 1. The van der Waals surface area contributed by atoms with Crippen LogP contribution in [0.15, 0.2) is 24.3 Å². The lowest BCUT2D eigenvalue weighted by Gasteiger charge is -2.23. The van der Waals surface area contributed by atoms with E-state index in [2.05, 4.69) is 11.4 Å². The molecule has 3 nitrogen and oxygen atoms in total. The molecule has 1 aliphatic rings. The maximum Gasteiger partial charge on any atom is 0.168 e. The fourth-order valence-electron chi connectivity index (χ4n) is 1.43. The fraction of sp³-hybridized carbons (Fsp3) is 0.400. The molecular formula is C10H13NO2. The van der Waals surface area contributed by atoms with E-state index in [1.54, 1.807) is 0 Å². The Labute approximate surface area is 77.6 Å². The summed E-state index contributed by atoms with van der Waals surface area (Å²) in [7, 11) is 0. The standard InChI is InChI=1S/C10H13NO2/c1-2-11-10-7-8-5-3-4-6-9(8)12-13-10/h3-6,10-11H,2,7H2,1H3. The summed E-state index contributed by atoms with van der Waals surface area (Å²) in [5, 5.41) is 3.18. The normalized spacial score (nSPS) is 20.5. The lowest BCUT2D eigenvalue weighted by atomic mass is 10.1. The first-order chi connectivity index (χ1) is 6.40. The van der Waals surface area contributed by atoms with Crippen LogP contribution in [-0.4, -0.2) is 12.8 Å². The second kappa shape index (κ2) is 3.77. The summed E-state index contributed by atoms with van der Waals surface area (Å²) in [5.41, 5.74) is 1.19. The number of hydrogen-bond acceptors (Lipinski definition) is 3. The molecule has 1 N–H and O–H groups in total. The Morgan fingerprint density at radius 2 is 2.31 bits per heavy atom. The van der Waals surface area contributed by atoms with Crippen LogP contribution in [0.1, 0.15) is 12.5 Å². The van der Waals surface area contributed by atoms with Crippen LogP contribution in [0.25, 0.3) is 0 Å². The molecule has 0 radical (unpaired) electrons. The molecule has 1 aromatic rings. The van der Waals surface area contributed by atoms with E-state index in [9.17, 15) is 0 Å². The van der Waals surface area contributed by atoms with E-state index in [4.69, 9.17) is 9.78 Å². The van der Waals surface area contributed by atoms with Gasteiger partial charge in [0.1, 0.15) is 0 Å². The molecule has 0 fully saturated rings. The van der Waals surface area contributed by atoms with Crippen molar-refractivity contribution in [3.8, 4) is 5.75 Å². The van der Waals surface area contributed by atoms with Crippen molar-refractivity contribution in [1.29, 1.82) is 0 Å².